The molecule has 62 valence electrons. The summed E-state index contributed by atoms with van der Waals surface area (Å²) >= 11 is 3.22. The van der Waals surface area contributed by atoms with E-state index in [1.54, 1.807) is 12.4 Å². The summed E-state index contributed by atoms with van der Waals surface area (Å²) < 4.78 is 0.843. The van der Waals surface area contributed by atoms with Crippen molar-refractivity contribution in [2.24, 2.45) is 5.11 Å². The minimum Gasteiger partial charge on any atom is -0.240 e. The first-order valence-electron chi connectivity index (χ1n) is 3.30. The molecule has 0 N–H and O–H groups in total. The maximum Gasteiger partial charge on any atom is 0.128 e. The van der Waals surface area contributed by atoms with Crippen molar-refractivity contribution in [1.29, 1.82) is 0 Å². The summed E-state index contributed by atoms with van der Waals surface area (Å²) in [6.07, 6.45) is 3.91. The van der Waals surface area contributed by atoms with Crippen LogP contribution < -0.4 is 0 Å². The Bertz CT molecular complexity index is 289. The zero-order valence-electron chi connectivity index (χ0n) is 6.18. The van der Waals surface area contributed by atoms with Crippen LogP contribution in [0.5, 0.6) is 0 Å². The molecule has 1 aromatic rings. The van der Waals surface area contributed by atoms with Crippen molar-refractivity contribution in [3.05, 3.63) is 33.1 Å². The van der Waals surface area contributed by atoms with Crippen molar-refractivity contribution in [3.63, 3.8) is 0 Å². The Labute approximate surface area is 77.6 Å². The van der Waals surface area contributed by atoms with Crippen LogP contribution >= 0.6 is 15.9 Å². The maximum absolute atomic E-state index is 8.00. The molecule has 1 rings (SSSR count). The van der Waals surface area contributed by atoms with Crippen molar-refractivity contribution in [3.8, 4) is 0 Å². The van der Waals surface area contributed by atoms with Crippen LogP contribution in [0.25, 0.3) is 10.4 Å². The zero-order valence-corrected chi connectivity index (χ0v) is 7.77. The number of nitrogens with zero attached hydrogens (tertiary/aromatic N) is 5. The van der Waals surface area contributed by atoms with E-state index in [0.717, 1.165) is 4.47 Å². The number of hydrogen-bond acceptors (Lipinski definition) is 3. The minimum absolute atomic E-state index is 0.401. The highest BCUT2D eigenvalue weighted by Crippen LogP contribution is 2.04. The van der Waals surface area contributed by atoms with Gasteiger partial charge in [0.25, 0.3) is 0 Å². The number of aromatic nitrogens is 2. The minimum atomic E-state index is 0.401. The van der Waals surface area contributed by atoms with Gasteiger partial charge in [0.05, 0.1) is 4.47 Å². The molecule has 1 aromatic heterocycles. The summed E-state index contributed by atoms with van der Waals surface area (Å²) in [7, 11) is 0. The van der Waals surface area contributed by atoms with Crippen LogP contribution in [0.3, 0.4) is 0 Å². The second-order valence-corrected chi connectivity index (χ2v) is 2.94. The van der Waals surface area contributed by atoms with E-state index in [-0.39, 0.29) is 0 Å². The Balaban J connectivity index is 2.53. The first-order chi connectivity index (χ1) is 5.83. The molecule has 0 fully saturated rings. The van der Waals surface area contributed by atoms with Crippen LogP contribution in [0.2, 0.25) is 0 Å². The van der Waals surface area contributed by atoms with E-state index in [9.17, 15) is 0 Å². The molecule has 6 heteroatoms. The van der Waals surface area contributed by atoms with Gasteiger partial charge in [-0.25, -0.2) is 9.97 Å². The highest BCUT2D eigenvalue weighted by molar-refractivity contribution is 9.10. The predicted molar refractivity (Wildman–Crippen MR) is 47.4 cm³/mol. The summed E-state index contributed by atoms with van der Waals surface area (Å²) in [5.41, 5.74) is 8.00. The van der Waals surface area contributed by atoms with E-state index in [0.29, 0.717) is 18.8 Å². The van der Waals surface area contributed by atoms with Crippen LogP contribution in [0.15, 0.2) is 22.0 Å². The number of azide groups is 1. The quantitative estimate of drug-likeness (QED) is 0.451. The van der Waals surface area contributed by atoms with Gasteiger partial charge in [-0.3, -0.25) is 0 Å². The fraction of sp³-hybridized carbons (Fsp3) is 0.333. The van der Waals surface area contributed by atoms with Crippen molar-refractivity contribution in [2.45, 2.75) is 6.42 Å². The van der Waals surface area contributed by atoms with Crippen LogP contribution in [0.1, 0.15) is 5.82 Å². The highest BCUT2D eigenvalue weighted by Gasteiger charge is 1.93. The summed E-state index contributed by atoms with van der Waals surface area (Å²) in [5.74, 6) is 0.686. The van der Waals surface area contributed by atoms with Crippen LogP contribution in [-0.4, -0.2) is 16.5 Å². The number of hydrogen-bond donors (Lipinski definition) is 0. The molecule has 0 saturated carbocycles. The van der Waals surface area contributed by atoms with E-state index < -0.39 is 0 Å². The first kappa shape index (κ1) is 8.96. The van der Waals surface area contributed by atoms with E-state index in [1.165, 1.54) is 0 Å². The second-order valence-electron chi connectivity index (χ2n) is 2.02. The summed E-state index contributed by atoms with van der Waals surface area (Å²) in [6.45, 7) is 0.401. The molecule has 0 radical (unpaired) electrons. The predicted octanol–water partition coefficient (Wildman–Crippen LogP) is 2.09. The molecule has 0 aliphatic heterocycles. The third kappa shape index (κ3) is 2.86. The molecular formula is C6H6BrN5. The molecule has 0 aliphatic carbocycles. The van der Waals surface area contributed by atoms with Crippen LogP contribution in [-0.2, 0) is 6.42 Å². The molecule has 5 nitrogen and oxygen atoms in total. The van der Waals surface area contributed by atoms with Crippen molar-refractivity contribution >= 4 is 15.9 Å². The second kappa shape index (κ2) is 4.69. The largest absolute Gasteiger partial charge is 0.240 e. The molecule has 0 aromatic carbocycles. The van der Waals surface area contributed by atoms with Gasteiger partial charge >= 0.3 is 0 Å². The van der Waals surface area contributed by atoms with Crippen molar-refractivity contribution < 1.29 is 0 Å². The molecule has 0 amide bonds. The fourth-order valence-electron chi connectivity index (χ4n) is 0.663. The lowest BCUT2D eigenvalue weighted by atomic mass is 10.4. The van der Waals surface area contributed by atoms with Gasteiger partial charge in [-0.05, 0) is 21.5 Å². The summed E-state index contributed by atoms with van der Waals surface area (Å²) in [5, 5.41) is 3.38. The lowest BCUT2D eigenvalue weighted by Gasteiger charge is -1.94. The monoisotopic (exact) mass is 227 g/mol. The molecular weight excluding hydrogens is 222 g/mol. The van der Waals surface area contributed by atoms with E-state index in [2.05, 4.69) is 35.9 Å². The van der Waals surface area contributed by atoms with E-state index in [4.69, 9.17) is 5.53 Å². The van der Waals surface area contributed by atoms with Crippen molar-refractivity contribution in [1.82, 2.24) is 9.97 Å². The SMILES string of the molecule is [N-]=[N+]=NCCc1ncc(Br)cn1. The topological polar surface area (TPSA) is 74.5 Å². The lowest BCUT2D eigenvalue weighted by molar-refractivity contribution is 0.859. The smallest absolute Gasteiger partial charge is 0.128 e. The summed E-state index contributed by atoms with van der Waals surface area (Å²) in [6, 6.07) is 0. The molecule has 0 atom stereocenters. The van der Waals surface area contributed by atoms with Gasteiger partial charge in [0.1, 0.15) is 5.82 Å². The van der Waals surface area contributed by atoms with Gasteiger partial charge in [0, 0.05) is 30.3 Å². The fourth-order valence-corrected chi connectivity index (χ4v) is 0.868. The Morgan fingerprint density at radius 3 is 2.75 bits per heavy atom. The Kier molecular flexibility index (Phi) is 3.50. The molecule has 0 aliphatic rings. The molecule has 1 heterocycles. The van der Waals surface area contributed by atoms with Gasteiger partial charge < -0.3 is 0 Å². The zero-order chi connectivity index (χ0) is 8.81. The number of rotatable bonds is 3. The van der Waals surface area contributed by atoms with Crippen LogP contribution in [0, 0.1) is 0 Å². The average Bonchev–Trinajstić information content (AvgIpc) is 2.09. The normalized spacial score (nSPS) is 9.08. The van der Waals surface area contributed by atoms with E-state index >= 15 is 0 Å². The average molecular weight is 228 g/mol. The van der Waals surface area contributed by atoms with Gasteiger partial charge in [-0.15, -0.1) is 0 Å². The third-order valence-electron chi connectivity index (χ3n) is 1.17. The molecule has 0 unspecified atom stereocenters. The number of halogens is 1. The van der Waals surface area contributed by atoms with Gasteiger partial charge in [0.2, 0.25) is 0 Å². The first-order valence-corrected chi connectivity index (χ1v) is 4.09. The third-order valence-corrected chi connectivity index (χ3v) is 1.58. The van der Waals surface area contributed by atoms with Gasteiger partial charge in [0.15, 0.2) is 0 Å². The maximum atomic E-state index is 8.00. The summed E-state index contributed by atoms with van der Waals surface area (Å²) in [4.78, 5) is 10.6. The van der Waals surface area contributed by atoms with Crippen molar-refractivity contribution in [2.75, 3.05) is 6.54 Å². The standard InChI is InChI=1S/C6H6BrN5/c7-5-3-9-6(10-4-5)1-2-11-12-8/h3-4H,1-2H2. The molecule has 12 heavy (non-hydrogen) atoms. The van der Waals surface area contributed by atoms with Gasteiger partial charge in [-0.2, -0.15) is 0 Å². The van der Waals surface area contributed by atoms with Crippen LogP contribution in [0.4, 0.5) is 0 Å². The Hall–Kier alpha value is -1.13. The molecule has 0 spiro atoms. The Morgan fingerprint density at radius 1 is 1.50 bits per heavy atom. The molecule has 0 saturated heterocycles. The molecule has 0 bridgehead atoms. The lowest BCUT2D eigenvalue weighted by Crippen LogP contribution is -1.95. The Morgan fingerprint density at radius 2 is 2.17 bits per heavy atom. The highest BCUT2D eigenvalue weighted by atomic mass is 79.9. The van der Waals surface area contributed by atoms with E-state index in [1.807, 2.05) is 0 Å². The van der Waals surface area contributed by atoms with Gasteiger partial charge in [-0.1, -0.05) is 5.11 Å².